The lowest BCUT2D eigenvalue weighted by Crippen LogP contribution is -2.22. The third-order valence-electron chi connectivity index (χ3n) is 3.69. The van der Waals surface area contributed by atoms with Crippen LogP contribution in [0.15, 0.2) is 47.3 Å². The average molecular weight is 327 g/mol. The van der Waals surface area contributed by atoms with E-state index in [1.54, 1.807) is 24.3 Å². The Bertz CT molecular complexity index is 1130. The van der Waals surface area contributed by atoms with Gasteiger partial charge < -0.3 is 5.73 Å². The minimum absolute atomic E-state index is 0.0804. The third kappa shape index (κ3) is 2.19. The zero-order valence-electron chi connectivity index (χ0n) is 12.3. The maximum absolute atomic E-state index is 13.3. The monoisotopic (exact) mass is 327 g/mol. The summed E-state index contributed by atoms with van der Waals surface area (Å²) in [7, 11) is 0. The largest absolute Gasteiger partial charge is 0.381 e. The molecule has 2 N–H and O–H groups in total. The fraction of sp³-hybridized carbons (Fsp3) is 0.0625. The van der Waals surface area contributed by atoms with Crippen molar-refractivity contribution in [1.82, 2.24) is 19.2 Å². The molecular weight excluding hydrogens is 316 g/mol. The van der Waals surface area contributed by atoms with E-state index in [9.17, 15) is 13.6 Å². The number of benzene rings is 2. The molecular formula is C16H11F2N5O. The summed E-state index contributed by atoms with van der Waals surface area (Å²) in [5, 5.41) is 4.15. The summed E-state index contributed by atoms with van der Waals surface area (Å²) in [4.78, 5) is 16.9. The Labute approximate surface area is 133 Å². The minimum atomic E-state index is -0.714. The molecule has 0 saturated heterocycles. The van der Waals surface area contributed by atoms with Crippen molar-refractivity contribution in [3.8, 4) is 0 Å². The van der Waals surface area contributed by atoms with Crippen LogP contribution in [0.5, 0.6) is 0 Å². The Morgan fingerprint density at radius 2 is 1.79 bits per heavy atom. The van der Waals surface area contributed by atoms with Gasteiger partial charge in [0.25, 0.3) is 0 Å². The van der Waals surface area contributed by atoms with Crippen LogP contribution in [0.25, 0.3) is 16.7 Å². The summed E-state index contributed by atoms with van der Waals surface area (Å²) in [5.74, 6) is -1.32. The van der Waals surface area contributed by atoms with E-state index in [0.717, 1.165) is 22.9 Å². The average Bonchev–Trinajstić information content (AvgIpc) is 2.84. The van der Waals surface area contributed by atoms with Crippen molar-refractivity contribution in [1.29, 1.82) is 0 Å². The normalized spacial score (nSPS) is 11.4. The summed E-state index contributed by atoms with van der Waals surface area (Å²) in [6.45, 7) is -0.0804. The van der Waals surface area contributed by atoms with Gasteiger partial charge in [-0.1, -0.05) is 12.1 Å². The number of anilines is 1. The number of rotatable bonds is 2. The van der Waals surface area contributed by atoms with Crippen molar-refractivity contribution in [2.24, 2.45) is 0 Å². The number of hydrogen-bond donors (Lipinski definition) is 1. The quantitative estimate of drug-likeness (QED) is 0.610. The predicted octanol–water partition coefficient (Wildman–Crippen LogP) is 1.95. The van der Waals surface area contributed by atoms with Crippen LogP contribution in [0, 0.1) is 11.6 Å². The second-order valence-electron chi connectivity index (χ2n) is 5.36. The predicted molar refractivity (Wildman–Crippen MR) is 84.6 cm³/mol. The maximum atomic E-state index is 13.3. The molecule has 0 spiro atoms. The molecule has 0 bridgehead atoms. The van der Waals surface area contributed by atoms with Gasteiger partial charge in [0.1, 0.15) is 11.6 Å². The molecule has 6 nitrogen and oxygen atoms in total. The molecule has 0 saturated carbocycles. The molecule has 0 radical (unpaired) electrons. The Kier molecular flexibility index (Phi) is 3.05. The fourth-order valence-electron chi connectivity index (χ4n) is 2.70. The zero-order valence-corrected chi connectivity index (χ0v) is 12.3. The molecule has 4 rings (SSSR count). The number of fused-ring (bicyclic) bond motifs is 3. The van der Waals surface area contributed by atoms with Crippen molar-refractivity contribution in [3.05, 3.63) is 70.1 Å². The van der Waals surface area contributed by atoms with Gasteiger partial charge in [-0.05, 0) is 29.8 Å². The fourth-order valence-corrected chi connectivity index (χ4v) is 2.70. The lowest BCUT2D eigenvalue weighted by Gasteiger charge is -2.01. The number of para-hydroxylation sites is 2. The second kappa shape index (κ2) is 5.12. The molecule has 120 valence electrons. The van der Waals surface area contributed by atoms with E-state index < -0.39 is 17.3 Å². The van der Waals surface area contributed by atoms with Crippen molar-refractivity contribution >= 4 is 22.5 Å². The van der Waals surface area contributed by atoms with Crippen LogP contribution in [-0.2, 0) is 6.54 Å². The van der Waals surface area contributed by atoms with E-state index in [1.807, 2.05) is 0 Å². The topological polar surface area (TPSA) is 78.2 Å². The lowest BCUT2D eigenvalue weighted by atomic mass is 10.2. The summed E-state index contributed by atoms with van der Waals surface area (Å²) in [6, 6.07) is 10.1. The highest BCUT2D eigenvalue weighted by atomic mass is 19.1. The highest BCUT2D eigenvalue weighted by Crippen LogP contribution is 2.17. The van der Waals surface area contributed by atoms with Crippen molar-refractivity contribution < 1.29 is 8.78 Å². The highest BCUT2D eigenvalue weighted by molar-refractivity contribution is 5.81. The first-order valence-electron chi connectivity index (χ1n) is 7.12. The molecule has 24 heavy (non-hydrogen) atoms. The van der Waals surface area contributed by atoms with Gasteiger partial charge in [-0.15, -0.1) is 5.10 Å². The zero-order chi connectivity index (χ0) is 16.8. The number of nitrogens with two attached hydrogens (primary N) is 1. The van der Waals surface area contributed by atoms with Crippen LogP contribution >= 0.6 is 0 Å². The smallest absolute Gasteiger partial charge is 0.351 e. The molecule has 4 aromatic rings. The highest BCUT2D eigenvalue weighted by Gasteiger charge is 2.14. The van der Waals surface area contributed by atoms with Gasteiger partial charge in [-0.3, -0.25) is 0 Å². The Balaban J connectivity index is 1.94. The van der Waals surface area contributed by atoms with E-state index in [4.69, 9.17) is 5.73 Å². The number of nitrogen functional groups attached to an aromatic ring is 1. The molecule has 8 heteroatoms. The SMILES string of the molecule is Nc1nc2ccccc2n2c(=O)n(Cc3cc(F)cc(F)c3)nc12. The summed E-state index contributed by atoms with van der Waals surface area (Å²) in [6.07, 6.45) is 0. The van der Waals surface area contributed by atoms with Gasteiger partial charge >= 0.3 is 5.69 Å². The molecule has 0 atom stereocenters. The van der Waals surface area contributed by atoms with E-state index in [0.29, 0.717) is 11.0 Å². The van der Waals surface area contributed by atoms with Crippen LogP contribution in [0.4, 0.5) is 14.6 Å². The maximum Gasteiger partial charge on any atom is 0.351 e. The van der Waals surface area contributed by atoms with E-state index in [2.05, 4.69) is 10.1 Å². The van der Waals surface area contributed by atoms with E-state index in [1.165, 1.54) is 4.40 Å². The first kappa shape index (κ1) is 14.3. The number of aromatic nitrogens is 4. The number of halogens is 2. The van der Waals surface area contributed by atoms with Gasteiger partial charge in [0, 0.05) is 6.07 Å². The van der Waals surface area contributed by atoms with Crippen LogP contribution in [-0.4, -0.2) is 19.2 Å². The van der Waals surface area contributed by atoms with Crippen LogP contribution in [0.1, 0.15) is 5.56 Å². The van der Waals surface area contributed by atoms with Gasteiger partial charge in [0.2, 0.25) is 5.65 Å². The van der Waals surface area contributed by atoms with Gasteiger partial charge in [-0.2, -0.15) is 0 Å². The first-order chi connectivity index (χ1) is 11.5. The van der Waals surface area contributed by atoms with Crippen LogP contribution in [0.2, 0.25) is 0 Å². The molecule has 2 aromatic heterocycles. The standard InChI is InChI=1S/C16H11F2N5O/c17-10-5-9(6-11(18)7-10)8-22-16(24)23-13-4-2-1-3-12(13)20-14(19)15(23)21-22/h1-7H,8H2,(H2,19,20). The molecule has 0 aliphatic carbocycles. The lowest BCUT2D eigenvalue weighted by molar-refractivity contribution is 0.572. The number of nitrogens with zero attached hydrogens (tertiary/aromatic N) is 4. The van der Waals surface area contributed by atoms with E-state index in [-0.39, 0.29) is 23.6 Å². The number of hydrogen-bond acceptors (Lipinski definition) is 4. The van der Waals surface area contributed by atoms with Crippen molar-refractivity contribution in [2.45, 2.75) is 6.54 Å². The summed E-state index contributed by atoms with van der Waals surface area (Å²) >= 11 is 0. The van der Waals surface area contributed by atoms with Gasteiger partial charge in [0.15, 0.2) is 5.82 Å². The molecule has 0 unspecified atom stereocenters. The van der Waals surface area contributed by atoms with Crippen molar-refractivity contribution in [2.75, 3.05) is 5.73 Å². The van der Waals surface area contributed by atoms with Crippen LogP contribution < -0.4 is 11.4 Å². The van der Waals surface area contributed by atoms with Gasteiger partial charge in [0.05, 0.1) is 17.6 Å². The molecule has 0 amide bonds. The summed E-state index contributed by atoms with van der Waals surface area (Å²) in [5.41, 5.74) is 7.03. The third-order valence-corrected chi connectivity index (χ3v) is 3.69. The minimum Gasteiger partial charge on any atom is -0.381 e. The molecule has 0 aliphatic heterocycles. The first-order valence-corrected chi connectivity index (χ1v) is 7.12. The Hall–Kier alpha value is -3.29. The Morgan fingerprint density at radius 1 is 1.08 bits per heavy atom. The van der Waals surface area contributed by atoms with Gasteiger partial charge in [-0.25, -0.2) is 27.6 Å². The molecule has 0 aliphatic rings. The van der Waals surface area contributed by atoms with Crippen LogP contribution in [0.3, 0.4) is 0 Å². The molecule has 0 fully saturated rings. The Morgan fingerprint density at radius 3 is 2.54 bits per heavy atom. The molecule has 2 heterocycles. The van der Waals surface area contributed by atoms with E-state index >= 15 is 0 Å². The molecule has 2 aromatic carbocycles. The summed E-state index contributed by atoms with van der Waals surface area (Å²) < 4.78 is 29.1. The van der Waals surface area contributed by atoms with Crippen molar-refractivity contribution in [3.63, 3.8) is 0 Å². The second-order valence-corrected chi connectivity index (χ2v) is 5.36.